The van der Waals surface area contributed by atoms with E-state index >= 15 is 0 Å². The second-order valence-corrected chi connectivity index (χ2v) is 6.40. The first kappa shape index (κ1) is 18.0. The van der Waals surface area contributed by atoms with E-state index in [1.807, 2.05) is 31.2 Å². The standard InChI is InChI=1S/C19H29NO3/c1-3-22-11-10-19(21)20-17-8-5-7-16(13-17)14-23-18-9-4-6-15(2)12-18/h5,7-8,13,15,18H,3-4,6,9-12,14H2,1-2H3,(H,20,21). The number of hydrogen-bond donors (Lipinski definition) is 1. The van der Waals surface area contributed by atoms with Crippen LogP contribution >= 0.6 is 0 Å². The molecule has 128 valence electrons. The van der Waals surface area contributed by atoms with Crippen molar-refractivity contribution < 1.29 is 14.3 Å². The van der Waals surface area contributed by atoms with Gasteiger partial charge in [-0.15, -0.1) is 0 Å². The van der Waals surface area contributed by atoms with Crippen LogP contribution in [0.4, 0.5) is 5.69 Å². The topological polar surface area (TPSA) is 47.6 Å². The van der Waals surface area contributed by atoms with Gasteiger partial charge in [-0.25, -0.2) is 0 Å². The van der Waals surface area contributed by atoms with Crippen molar-refractivity contribution in [2.45, 2.75) is 58.7 Å². The van der Waals surface area contributed by atoms with Crippen LogP contribution < -0.4 is 5.32 Å². The molecule has 1 fully saturated rings. The Morgan fingerprint density at radius 2 is 2.22 bits per heavy atom. The van der Waals surface area contributed by atoms with Crippen LogP contribution in [0.2, 0.25) is 0 Å². The molecule has 0 bridgehead atoms. The van der Waals surface area contributed by atoms with Gasteiger partial charge in [0.25, 0.3) is 0 Å². The largest absolute Gasteiger partial charge is 0.381 e. The van der Waals surface area contributed by atoms with Gasteiger partial charge >= 0.3 is 0 Å². The van der Waals surface area contributed by atoms with Crippen molar-refractivity contribution in [3.05, 3.63) is 29.8 Å². The second-order valence-electron chi connectivity index (χ2n) is 6.40. The van der Waals surface area contributed by atoms with E-state index < -0.39 is 0 Å². The Bertz CT molecular complexity index is 489. The highest BCUT2D eigenvalue weighted by molar-refractivity contribution is 5.90. The van der Waals surface area contributed by atoms with Crippen LogP contribution in [0.5, 0.6) is 0 Å². The van der Waals surface area contributed by atoms with Gasteiger partial charge in [0.1, 0.15) is 0 Å². The quantitative estimate of drug-likeness (QED) is 0.732. The Morgan fingerprint density at radius 1 is 1.35 bits per heavy atom. The van der Waals surface area contributed by atoms with E-state index in [-0.39, 0.29) is 5.91 Å². The van der Waals surface area contributed by atoms with Crippen molar-refractivity contribution in [2.24, 2.45) is 5.92 Å². The van der Waals surface area contributed by atoms with Gasteiger partial charge in [0, 0.05) is 12.3 Å². The molecule has 4 nitrogen and oxygen atoms in total. The Balaban J connectivity index is 1.78. The van der Waals surface area contributed by atoms with E-state index in [1.165, 1.54) is 12.8 Å². The van der Waals surface area contributed by atoms with Crippen molar-refractivity contribution in [3.8, 4) is 0 Å². The van der Waals surface area contributed by atoms with Crippen molar-refractivity contribution in [1.29, 1.82) is 0 Å². The van der Waals surface area contributed by atoms with E-state index in [0.29, 0.717) is 32.3 Å². The van der Waals surface area contributed by atoms with E-state index in [2.05, 4.69) is 12.2 Å². The summed E-state index contributed by atoms with van der Waals surface area (Å²) in [6.07, 6.45) is 5.68. The summed E-state index contributed by atoms with van der Waals surface area (Å²) >= 11 is 0. The summed E-state index contributed by atoms with van der Waals surface area (Å²) in [6, 6.07) is 7.90. The third-order valence-corrected chi connectivity index (χ3v) is 4.26. The summed E-state index contributed by atoms with van der Waals surface area (Å²) in [6.45, 7) is 5.94. The van der Waals surface area contributed by atoms with E-state index in [4.69, 9.17) is 9.47 Å². The summed E-state index contributed by atoms with van der Waals surface area (Å²) in [5.41, 5.74) is 1.93. The summed E-state index contributed by atoms with van der Waals surface area (Å²) in [4.78, 5) is 11.8. The Labute approximate surface area is 139 Å². The van der Waals surface area contributed by atoms with Crippen LogP contribution in [0, 0.1) is 5.92 Å². The Morgan fingerprint density at radius 3 is 3.00 bits per heavy atom. The minimum absolute atomic E-state index is 0.0161. The molecule has 0 spiro atoms. The van der Waals surface area contributed by atoms with Gasteiger partial charge in [-0.3, -0.25) is 4.79 Å². The molecular weight excluding hydrogens is 290 g/mol. The first-order chi connectivity index (χ1) is 11.2. The highest BCUT2D eigenvalue weighted by Crippen LogP contribution is 2.26. The maximum absolute atomic E-state index is 11.8. The summed E-state index contributed by atoms with van der Waals surface area (Å²) in [5, 5.41) is 2.91. The molecule has 1 aromatic carbocycles. The van der Waals surface area contributed by atoms with Crippen LogP contribution in [-0.4, -0.2) is 25.2 Å². The van der Waals surface area contributed by atoms with Crippen LogP contribution in [0.3, 0.4) is 0 Å². The lowest BCUT2D eigenvalue weighted by molar-refractivity contribution is -0.117. The maximum atomic E-state index is 11.8. The van der Waals surface area contributed by atoms with Gasteiger partial charge in [-0.05, 0) is 43.4 Å². The zero-order valence-electron chi connectivity index (χ0n) is 14.3. The molecule has 0 heterocycles. The van der Waals surface area contributed by atoms with Gasteiger partial charge < -0.3 is 14.8 Å². The molecular formula is C19H29NO3. The van der Waals surface area contributed by atoms with E-state index in [9.17, 15) is 4.79 Å². The number of hydrogen-bond acceptors (Lipinski definition) is 3. The van der Waals surface area contributed by atoms with Gasteiger partial charge in [0.15, 0.2) is 0 Å². The molecule has 1 amide bonds. The van der Waals surface area contributed by atoms with E-state index in [0.717, 1.165) is 30.0 Å². The number of anilines is 1. The third kappa shape index (κ3) is 6.71. The van der Waals surface area contributed by atoms with Gasteiger partial charge in [-0.1, -0.05) is 31.9 Å². The molecule has 0 aromatic heterocycles. The molecule has 0 radical (unpaired) electrons. The SMILES string of the molecule is CCOCCC(=O)Nc1cccc(COC2CCCC(C)C2)c1. The minimum atomic E-state index is -0.0161. The van der Waals surface area contributed by atoms with E-state index in [1.54, 1.807) is 0 Å². The zero-order valence-corrected chi connectivity index (χ0v) is 14.3. The molecule has 2 atom stereocenters. The fourth-order valence-corrected chi connectivity index (χ4v) is 3.02. The van der Waals surface area contributed by atoms with Crippen molar-refractivity contribution in [2.75, 3.05) is 18.5 Å². The molecule has 1 N–H and O–H groups in total. The average molecular weight is 319 g/mol. The Kier molecular flexibility index (Phi) is 7.56. The smallest absolute Gasteiger partial charge is 0.226 e. The molecule has 1 aromatic rings. The van der Waals surface area contributed by atoms with Gasteiger partial charge in [0.05, 0.1) is 25.7 Å². The number of rotatable bonds is 8. The van der Waals surface area contributed by atoms with Gasteiger partial charge in [0.2, 0.25) is 5.91 Å². The van der Waals surface area contributed by atoms with Crippen LogP contribution in [0.15, 0.2) is 24.3 Å². The summed E-state index contributed by atoms with van der Waals surface area (Å²) in [7, 11) is 0. The number of ether oxygens (including phenoxy) is 2. The molecule has 1 saturated carbocycles. The minimum Gasteiger partial charge on any atom is -0.381 e. The number of carbonyl (C=O) groups excluding carboxylic acids is 1. The fraction of sp³-hybridized carbons (Fsp3) is 0.632. The van der Waals surface area contributed by atoms with Crippen molar-refractivity contribution in [1.82, 2.24) is 0 Å². The number of amides is 1. The van der Waals surface area contributed by atoms with Crippen molar-refractivity contribution >= 4 is 11.6 Å². The molecule has 1 aliphatic carbocycles. The lowest BCUT2D eigenvalue weighted by Crippen LogP contribution is -2.21. The molecule has 2 rings (SSSR count). The van der Waals surface area contributed by atoms with Crippen molar-refractivity contribution in [3.63, 3.8) is 0 Å². The predicted molar refractivity (Wildman–Crippen MR) is 92.4 cm³/mol. The highest BCUT2D eigenvalue weighted by atomic mass is 16.5. The maximum Gasteiger partial charge on any atom is 0.226 e. The molecule has 2 unspecified atom stereocenters. The first-order valence-corrected chi connectivity index (χ1v) is 8.75. The fourth-order valence-electron chi connectivity index (χ4n) is 3.02. The third-order valence-electron chi connectivity index (χ3n) is 4.26. The monoisotopic (exact) mass is 319 g/mol. The summed E-state index contributed by atoms with van der Waals surface area (Å²) < 4.78 is 11.2. The molecule has 23 heavy (non-hydrogen) atoms. The lowest BCUT2D eigenvalue weighted by atomic mass is 9.89. The normalized spacial score (nSPS) is 21.1. The highest BCUT2D eigenvalue weighted by Gasteiger charge is 2.19. The molecule has 4 heteroatoms. The molecule has 0 saturated heterocycles. The first-order valence-electron chi connectivity index (χ1n) is 8.75. The second kappa shape index (κ2) is 9.68. The summed E-state index contributed by atoms with van der Waals surface area (Å²) in [5.74, 6) is 0.752. The zero-order chi connectivity index (χ0) is 16.5. The predicted octanol–water partition coefficient (Wildman–Crippen LogP) is 4.15. The van der Waals surface area contributed by atoms with Gasteiger partial charge in [-0.2, -0.15) is 0 Å². The number of nitrogens with one attached hydrogen (secondary N) is 1. The van der Waals surface area contributed by atoms with Crippen LogP contribution in [0.1, 0.15) is 51.5 Å². The molecule has 0 aliphatic heterocycles. The number of carbonyl (C=O) groups is 1. The average Bonchev–Trinajstić information content (AvgIpc) is 2.54. The van der Waals surface area contributed by atoms with Crippen LogP contribution in [0.25, 0.3) is 0 Å². The number of benzene rings is 1. The molecule has 1 aliphatic rings. The Hall–Kier alpha value is -1.39. The lowest BCUT2D eigenvalue weighted by Gasteiger charge is -2.26. The van der Waals surface area contributed by atoms with Crippen LogP contribution in [-0.2, 0) is 20.9 Å².